The number of nitrogens with zero attached hydrogens (tertiary/aromatic N) is 3. The Balaban J connectivity index is 1.43. The van der Waals surface area contributed by atoms with Crippen LogP contribution in [0.5, 0.6) is 5.75 Å². The molecule has 1 amide bonds. The Morgan fingerprint density at radius 1 is 1.09 bits per heavy atom. The average Bonchev–Trinajstić information content (AvgIpc) is 3.61. The van der Waals surface area contributed by atoms with Gasteiger partial charge in [-0.15, -0.1) is 0 Å². The number of methoxy groups -OCH3 is 1. The summed E-state index contributed by atoms with van der Waals surface area (Å²) < 4.78 is 34.1. The molecule has 0 atom stereocenters. The van der Waals surface area contributed by atoms with Crippen molar-refractivity contribution >= 4 is 38.7 Å². The van der Waals surface area contributed by atoms with Crippen LogP contribution in [0.4, 0.5) is 17.1 Å². The highest BCUT2D eigenvalue weighted by Crippen LogP contribution is 2.50. The van der Waals surface area contributed by atoms with Crippen molar-refractivity contribution < 1.29 is 17.9 Å². The van der Waals surface area contributed by atoms with Gasteiger partial charge in [-0.05, 0) is 79.6 Å². The number of hydrogen-bond donors (Lipinski definition) is 4. The van der Waals surface area contributed by atoms with E-state index in [0.717, 1.165) is 47.2 Å². The number of aryl methyl sites for hydroxylation is 1. The minimum Gasteiger partial charge on any atom is -0.492 e. The number of hydrogen-bond acceptors (Lipinski definition) is 8. The highest BCUT2D eigenvalue weighted by atomic mass is 32.2. The number of nitrogens with two attached hydrogens (primary N) is 2. The molecule has 230 valence electrons. The van der Waals surface area contributed by atoms with Crippen molar-refractivity contribution in [1.82, 2.24) is 9.78 Å². The van der Waals surface area contributed by atoms with Crippen LogP contribution in [0, 0.1) is 13.8 Å². The van der Waals surface area contributed by atoms with Gasteiger partial charge in [0.15, 0.2) is 5.75 Å². The normalized spacial score (nSPS) is 14.2. The summed E-state index contributed by atoms with van der Waals surface area (Å²) in [7, 11) is -2.17. The standard InChI is InChI=1S/C32H37N7O4S/c1-20-11-12-22(15-29(20)38(34)19-26(33)25-18-35-39(21(25)2)24-9-7-6-8-10-24)31(40)36-27-16-23(32(3)13-14-32)17-28(30(27)43-4)37-44(5,41)42/h6-12,15-19,37H,13-14,33-34H2,1-5H3,(H,36,40)/b26-19-. The maximum absolute atomic E-state index is 13.6. The molecule has 4 aromatic rings. The molecule has 0 unspecified atom stereocenters. The molecule has 1 aliphatic carbocycles. The van der Waals surface area contributed by atoms with E-state index in [0.29, 0.717) is 22.6 Å². The Morgan fingerprint density at radius 3 is 2.41 bits per heavy atom. The van der Waals surface area contributed by atoms with E-state index in [1.54, 1.807) is 41.3 Å². The molecule has 5 rings (SSSR count). The van der Waals surface area contributed by atoms with Crippen LogP contribution in [-0.4, -0.2) is 37.5 Å². The molecule has 0 bridgehead atoms. The van der Waals surface area contributed by atoms with Gasteiger partial charge in [-0.3, -0.25) is 14.5 Å². The van der Waals surface area contributed by atoms with Crippen LogP contribution in [0.15, 0.2) is 73.1 Å². The van der Waals surface area contributed by atoms with Crippen molar-refractivity contribution in [3.05, 3.63) is 101 Å². The van der Waals surface area contributed by atoms with E-state index in [2.05, 4.69) is 22.1 Å². The Labute approximate surface area is 257 Å². The van der Waals surface area contributed by atoms with Crippen LogP contribution < -0.4 is 31.4 Å². The van der Waals surface area contributed by atoms with Gasteiger partial charge in [0, 0.05) is 17.3 Å². The quantitative estimate of drug-likeness (QED) is 0.146. The number of amides is 1. The zero-order valence-corrected chi connectivity index (χ0v) is 26.2. The van der Waals surface area contributed by atoms with Crippen molar-refractivity contribution in [2.24, 2.45) is 11.6 Å². The number of sulfonamides is 1. The number of anilines is 3. The second-order valence-corrected chi connectivity index (χ2v) is 13.1. The van der Waals surface area contributed by atoms with Crippen molar-refractivity contribution in [3.63, 3.8) is 0 Å². The summed E-state index contributed by atoms with van der Waals surface area (Å²) in [6.07, 6.45) is 6.27. The van der Waals surface area contributed by atoms with Gasteiger partial charge in [0.2, 0.25) is 10.0 Å². The highest BCUT2D eigenvalue weighted by molar-refractivity contribution is 7.92. The summed E-state index contributed by atoms with van der Waals surface area (Å²) in [5, 5.41) is 8.77. The van der Waals surface area contributed by atoms with Crippen LogP contribution >= 0.6 is 0 Å². The maximum Gasteiger partial charge on any atom is 0.255 e. The molecule has 11 nitrogen and oxygen atoms in total. The Morgan fingerprint density at radius 2 is 1.77 bits per heavy atom. The van der Waals surface area contributed by atoms with Crippen LogP contribution in [0.2, 0.25) is 0 Å². The average molecular weight is 616 g/mol. The van der Waals surface area contributed by atoms with Gasteiger partial charge in [-0.25, -0.2) is 18.9 Å². The molecule has 1 aromatic heterocycles. The molecule has 1 saturated carbocycles. The lowest BCUT2D eigenvalue weighted by atomic mass is 9.96. The summed E-state index contributed by atoms with van der Waals surface area (Å²) in [6.45, 7) is 5.91. The fraction of sp³-hybridized carbons (Fsp3) is 0.250. The summed E-state index contributed by atoms with van der Waals surface area (Å²) in [4.78, 5) is 13.6. The van der Waals surface area contributed by atoms with Crippen LogP contribution in [-0.2, 0) is 15.4 Å². The topological polar surface area (TPSA) is 158 Å². The van der Waals surface area contributed by atoms with Gasteiger partial charge < -0.3 is 15.8 Å². The Hall–Kier alpha value is -4.81. The molecular formula is C32H37N7O4S. The third-order valence-corrected chi connectivity index (χ3v) is 8.47. The lowest BCUT2D eigenvalue weighted by Gasteiger charge is -2.21. The molecule has 0 spiro atoms. The first-order valence-electron chi connectivity index (χ1n) is 14.0. The van der Waals surface area contributed by atoms with Crippen molar-refractivity contribution in [2.45, 2.75) is 39.0 Å². The first-order valence-corrected chi connectivity index (χ1v) is 15.9. The molecule has 6 N–H and O–H groups in total. The van der Waals surface area contributed by atoms with Gasteiger partial charge in [0.25, 0.3) is 5.91 Å². The number of aromatic nitrogens is 2. The highest BCUT2D eigenvalue weighted by Gasteiger charge is 2.40. The molecule has 1 fully saturated rings. The number of nitrogens with one attached hydrogen (secondary N) is 2. The van der Waals surface area contributed by atoms with E-state index in [1.165, 1.54) is 12.1 Å². The summed E-state index contributed by atoms with van der Waals surface area (Å²) >= 11 is 0. The second kappa shape index (κ2) is 11.7. The molecule has 44 heavy (non-hydrogen) atoms. The molecule has 12 heteroatoms. The third kappa shape index (κ3) is 6.41. The maximum atomic E-state index is 13.6. The minimum atomic E-state index is -3.60. The molecular weight excluding hydrogens is 578 g/mol. The van der Waals surface area contributed by atoms with Gasteiger partial charge >= 0.3 is 0 Å². The van der Waals surface area contributed by atoms with E-state index in [1.807, 2.05) is 50.2 Å². The zero-order chi connectivity index (χ0) is 31.8. The van der Waals surface area contributed by atoms with Crippen LogP contribution in [0.1, 0.15) is 52.5 Å². The lowest BCUT2D eigenvalue weighted by Crippen LogP contribution is -2.27. The van der Waals surface area contributed by atoms with Gasteiger partial charge in [0.05, 0.1) is 53.7 Å². The first-order chi connectivity index (χ1) is 20.8. The molecule has 1 heterocycles. The van der Waals surface area contributed by atoms with E-state index in [4.69, 9.17) is 16.3 Å². The fourth-order valence-electron chi connectivity index (χ4n) is 5.08. The monoisotopic (exact) mass is 615 g/mol. The third-order valence-electron chi connectivity index (χ3n) is 7.88. The molecule has 3 aromatic carbocycles. The molecule has 0 saturated heterocycles. The van der Waals surface area contributed by atoms with Gasteiger partial charge in [-0.1, -0.05) is 31.2 Å². The van der Waals surface area contributed by atoms with Crippen molar-refractivity contribution in [1.29, 1.82) is 0 Å². The number of carbonyl (C=O) groups excluding carboxylic acids is 1. The number of ether oxygens (including phenoxy) is 1. The predicted molar refractivity (Wildman–Crippen MR) is 174 cm³/mol. The summed E-state index contributed by atoms with van der Waals surface area (Å²) in [6, 6.07) is 18.5. The van der Waals surface area contributed by atoms with E-state index in [9.17, 15) is 13.2 Å². The SMILES string of the molecule is COc1c(NC(=O)c2ccc(C)c(N(N)/C=C(\N)c3cnn(-c4ccccc4)c3C)c2)cc(C2(C)CC2)cc1NS(C)(=O)=O. The first kappa shape index (κ1) is 30.6. The summed E-state index contributed by atoms with van der Waals surface area (Å²) in [5.74, 6) is 6.25. The van der Waals surface area contributed by atoms with E-state index in [-0.39, 0.29) is 16.9 Å². The summed E-state index contributed by atoms with van der Waals surface area (Å²) in [5.41, 5.74) is 12.5. The minimum absolute atomic E-state index is 0.0982. The van der Waals surface area contributed by atoms with Crippen LogP contribution in [0.25, 0.3) is 11.4 Å². The lowest BCUT2D eigenvalue weighted by molar-refractivity contribution is 0.102. The molecule has 0 aliphatic heterocycles. The van der Waals surface area contributed by atoms with Gasteiger partial charge in [0.1, 0.15) is 0 Å². The van der Waals surface area contributed by atoms with Crippen molar-refractivity contribution in [2.75, 3.05) is 28.4 Å². The molecule has 0 radical (unpaired) electrons. The Bertz CT molecular complexity index is 1860. The number of carbonyl (C=O) groups is 1. The smallest absolute Gasteiger partial charge is 0.255 e. The fourth-order valence-corrected chi connectivity index (χ4v) is 5.63. The van der Waals surface area contributed by atoms with Crippen molar-refractivity contribution in [3.8, 4) is 11.4 Å². The van der Waals surface area contributed by atoms with Gasteiger partial charge in [-0.2, -0.15) is 5.10 Å². The Kier molecular flexibility index (Phi) is 8.15. The van der Waals surface area contributed by atoms with E-state index >= 15 is 0 Å². The number of benzene rings is 3. The zero-order valence-electron chi connectivity index (χ0n) is 25.4. The number of rotatable bonds is 10. The van der Waals surface area contributed by atoms with Crippen LogP contribution in [0.3, 0.4) is 0 Å². The second-order valence-electron chi connectivity index (χ2n) is 11.4. The number of hydrazine groups is 1. The predicted octanol–water partition coefficient (Wildman–Crippen LogP) is 4.81. The molecule has 1 aliphatic rings. The number of para-hydroxylation sites is 1. The van der Waals surface area contributed by atoms with E-state index < -0.39 is 15.9 Å². The largest absolute Gasteiger partial charge is 0.492 e.